The van der Waals surface area contributed by atoms with Crippen LogP contribution in [0, 0.1) is 5.92 Å². The van der Waals surface area contributed by atoms with Crippen LogP contribution in [0.5, 0.6) is 0 Å². The fraction of sp³-hybridized carbons (Fsp3) is 1.00. The summed E-state index contributed by atoms with van der Waals surface area (Å²) in [5, 5.41) is 3.68. The van der Waals surface area contributed by atoms with E-state index in [1.807, 2.05) is 7.11 Å². The Morgan fingerprint density at radius 1 is 1.25 bits per heavy atom. The first-order chi connectivity index (χ1) is 7.88. The van der Waals surface area contributed by atoms with Gasteiger partial charge >= 0.3 is 0 Å². The van der Waals surface area contributed by atoms with E-state index in [0.29, 0.717) is 0 Å². The second-order valence-electron chi connectivity index (χ2n) is 5.35. The molecule has 1 aliphatic carbocycles. The summed E-state index contributed by atoms with van der Waals surface area (Å²) in [7, 11) is 1.81. The molecule has 1 unspecified atom stereocenters. The van der Waals surface area contributed by atoms with Crippen LogP contribution in [0.1, 0.15) is 32.1 Å². The van der Waals surface area contributed by atoms with Crippen molar-refractivity contribution < 1.29 is 4.74 Å². The van der Waals surface area contributed by atoms with Crippen LogP contribution in [0.3, 0.4) is 0 Å². The number of methoxy groups -OCH3 is 1. The highest BCUT2D eigenvalue weighted by Crippen LogP contribution is 2.18. The highest BCUT2D eigenvalue weighted by atomic mass is 16.5. The number of hydrogen-bond acceptors (Lipinski definition) is 3. The molecule has 1 saturated heterocycles. The van der Waals surface area contributed by atoms with Gasteiger partial charge < -0.3 is 15.0 Å². The zero-order valence-corrected chi connectivity index (χ0v) is 10.6. The van der Waals surface area contributed by atoms with Crippen LogP contribution in [-0.4, -0.2) is 50.8 Å². The maximum atomic E-state index is 5.22. The minimum atomic E-state index is 0.775. The van der Waals surface area contributed by atoms with Crippen molar-refractivity contribution in [3.63, 3.8) is 0 Å². The van der Waals surface area contributed by atoms with E-state index in [-0.39, 0.29) is 0 Å². The first-order valence-electron chi connectivity index (χ1n) is 6.83. The third-order valence-electron chi connectivity index (χ3n) is 3.99. The molecular formula is C13H26N2O. The first-order valence-corrected chi connectivity index (χ1v) is 6.83. The molecule has 0 radical (unpaired) electrons. The standard InChI is InChI=1S/C13H26N2O/c1-16-11-12-6-8-15(10-12)9-7-14-13-4-2-3-5-13/h12-14H,2-11H2,1H3. The van der Waals surface area contributed by atoms with Crippen LogP contribution in [0.15, 0.2) is 0 Å². The Bertz CT molecular complexity index is 192. The third-order valence-corrected chi connectivity index (χ3v) is 3.99. The monoisotopic (exact) mass is 226 g/mol. The largest absolute Gasteiger partial charge is 0.384 e. The van der Waals surface area contributed by atoms with Gasteiger partial charge in [0.15, 0.2) is 0 Å². The highest BCUT2D eigenvalue weighted by Gasteiger charge is 2.22. The molecule has 1 aliphatic heterocycles. The van der Waals surface area contributed by atoms with E-state index in [9.17, 15) is 0 Å². The van der Waals surface area contributed by atoms with Gasteiger partial charge in [-0.1, -0.05) is 12.8 Å². The molecule has 3 heteroatoms. The van der Waals surface area contributed by atoms with Crippen molar-refractivity contribution >= 4 is 0 Å². The van der Waals surface area contributed by atoms with Gasteiger partial charge in [0.2, 0.25) is 0 Å². The molecule has 0 amide bonds. The van der Waals surface area contributed by atoms with E-state index in [4.69, 9.17) is 4.74 Å². The quantitative estimate of drug-likeness (QED) is 0.742. The molecule has 94 valence electrons. The smallest absolute Gasteiger partial charge is 0.0503 e. The van der Waals surface area contributed by atoms with Gasteiger partial charge in [-0.3, -0.25) is 0 Å². The van der Waals surface area contributed by atoms with Crippen LogP contribution < -0.4 is 5.32 Å². The molecule has 2 rings (SSSR count). The lowest BCUT2D eigenvalue weighted by Crippen LogP contribution is -2.35. The Kier molecular flexibility index (Phi) is 5.07. The van der Waals surface area contributed by atoms with Gasteiger partial charge in [-0.05, 0) is 31.7 Å². The Morgan fingerprint density at radius 2 is 2.06 bits per heavy atom. The van der Waals surface area contributed by atoms with Crippen molar-refractivity contribution in [2.24, 2.45) is 5.92 Å². The summed E-state index contributed by atoms with van der Waals surface area (Å²) < 4.78 is 5.22. The summed E-state index contributed by atoms with van der Waals surface area (Å²) in [5.74, 6) is 0.775. The summed E-state index contributed by atoms with van der Waals surface area (Å²) in [6.07, 6.45) is 6.96. The maximum absolute atomic E-state index is 5.22. The van der Waals surface area contributed by atoms with E-state index in [1.165, 1.54) is 58.3 Å². The van der Waals surface area contributed by atoms with Crippen molar-refractivity contribution in [1.29, 1.82) is 0 Å². The molecule has 0 aromatic rings. The third kappa shape index (κ3) is 3.72. The predicted octanol–water partition coefficient (Wildman–Crippen LogP) is 1.49. The number of nitrogens with zero attached hydrogens (tertiary/aromatic N) is 1. The van der Waals surface area contributed by atoms with Crippen LogP contribution in [0.4, 0.5) is 0 Å². The SMILES string of the molecule is COCC1CCN(CCNC2CCCC2)C1. The Morgan fingerprint density at radius 3 is 2.81 bits per heavy atom. The topological polar surface area (TPSA) is 24.5 Å². The number of likely N-dealkylation sites (tertiary alicyclic amines) is 1. The highest BCUT2D eigenvalue weighted by molar-refractivity contribution is 4.78. The molecule has 0 aromatic carbocycles. The van der Waals surface area contributed by atoms with Gasteiger partial charge in [0.25, 0.3) is 0 Å². The fourth-order valence-corrected chi connectivity index (χ4v) is 3.04. The lowest BCUT2D eigenvalue weighted by Gasteiger charge is -2.18. The van der Waals surface area contributed by atoms with E-state index in [1.54, 1.807) is 0 Å². The number of hydrogen-bond donors (Lipinski definition) is 1. The first kappa shape index (κ1) is 12.3. The average molecular weight is 226 g/mol. The van der Waals surface area contributed by atoms with Crippen molar-refractivity contribution in [2.75, 3.05) is 39.9 Å². The molecule has 1 atom stereocenters. The normalized spacial score (nSPS) is 27.9. The predicted molar refractivity (Wildman–Crippen MR) is 66.7 cm³/mol. The zero-order chi connectivity index (χ0) is 11.2. The minimum absolute atomic E-state index is 0.775. The van der Waals surface area contributed by atoms with Crippen LogP contribution >= 0.6 is 0 Å². The Hall–Kier alpha value is -0.120. The summed E-state index contributed by atoms with van der Waals surface area (Å²) in [4.78, 5) is 2.58. The van der Waals surface area contributed by atoms with Crippen LogP contribution in [-0.2, 0) is 4.74 Å². The molecule has 2 fully saturated rings. The lowest BCUT2D eigenvalue weighted by atomic mass is 10.1. The molecule has 0 bridgehead atoms. The number of nitrogens with one attached hydrogen (secondary N) is 1. The van der Waals surface area contributed by atoms with Gasteiger partial charge in [0.1, 0.15) is 0 Å². The van der Waals surface area contributed by atoms with Gasteiger partial charge in [0, 0.05) is 32.8 Å². The van der Waals surface area contributed by atoms with Crippen LogP contribution in [0.2, 0.25) is 0 Å². The Balaban J connectivity index is 1.53. The van der Waals surface area contributed by atoms with Gasteiger partial charge in [0.05, 0.1) is 6.61 Å². The minimum Gasteiger partial charge on any atom is -0.384 e. The maximum Gasteiger partial charge on any atom is 0.0503 e. The van der Waals surface area contributed by atoms with Crippen molar-refractivity contribution in [3.8, 4) is 0 Å². The summed E-state index contributed by atoms with van der Waals surface area (Å²) in [6, 6.07) is 0.817. The molecule has 1 N–H and O–H groups in total. The molecule has 3 nitrogen and oxygen atoms in total. The second kappa shape index (κ2) is 6.58. The van der Waals surface area contributed by atoms with Crippen molar-refractivity contribution in [1.82, 2.24) is 10.2 Å². The summed E-state index contributed by atoms with van der Waals surface area (Å²) >= 11 is 0. The molecule has 16 heavy (non-hydrogen) atoms. The van der Waals surface area contributed by atoms with Gasteiger partial charge in [-0.15, -0.1) is 0 Å². The Labute approximate surface area is 99.5 Å². The summed E-state index contributed by atoms with van der Waals surface area (Å²) in [6.45, 7) is 5.83. The average Bonchev–Trinajstić information content (AvgIpc) is 2.90. The molecule has 1 saturated carbocycles. The molecule has 0 aromatic heterocycles. The van der Waals surface area contributed by atoms with E-state index in [0.717, 1.165) is 18.6 Å². The van der Waals surface area contributed by atoms with E-state index < -0.39 is 0 Å². The summed E-state index contributed by atoms with van der Waals surface area (Å²) in [5.41, 5.74) is 0. The van der Waals surface area contributed by atoms with Gasteiger partial charge in [-0.2, -0.15) is 0 Å². The number of ether oxygens (including phenoxy) is 1. The van der Waals surface area contributed by atoms with E-state index >= 15 is 0 Å². The van der Waals surface area contributed by atoms with Crippen molar-refractivity contribution in [3.05, 3.63) is 0 Å². The van der Waals surface area contributed by atoms with E-state index in [2.05, 4.69) is 10.2 Å². The van der Waals surface area contributed by atoms with Crippen LogP contribution in [0.25, 0.3) is 0 Å². The lowest BCUT2D eigenvalue weighted by molar-refractivity contribution is 0.153. The van der Waals surface area contributed by atoms with Gasteiger partial charge in [-0.25, -0.2) is 0 Å². The second-order valence-corrected chi connectivity index (χ2v) is 5.35. The molecule has 1 heterocycles. The molecule has 2 aliphatic rings. The van der Waals surface area contributed by atoms with Crippen molar-refractivity contribution in [2.45, 2.75) is 38.1 Å². The molecule has 0 spiro atoms. The zero-order valence-electron chi connectivity index (χ0n) is 10.6. The number of rotatable bonds is 6. The fourth-order valence-electron chi connectivity index (χ4n) is 3.04. The molecular weight excluding hydrogens is 200 g/mol.